The van der Waals surface area contributed by atoms with Crippen molar-refractivity contribution in [1.29, 1.82) is 0 Å². The third-order valence-electron chi connectivity index (χ3n) is 5.98. The molecule has 1 aliphatic heterocycles. The van der Waals surface area contributed by atoms with E-state index in [1.165, 1.54) is 7.11 Å². The van der Waals surface area contributed by atoms with Crippen LogP contribution >= 0.6 is 27.5 Å². The van der Waals surface area contributed by atoms with E-state index in [-0.39, 0.29) is 25.0 Å². The van der Waals surface area contributed by atoms with Gasteiger partial charge in [0.15, 0.2) is 11.5 Å². The number of amides is 1. The molecule has 1 saturated heterocycles. The van der Waals surface area contributed by atoms with Gasteiger partial charge in [-0.1, -0.05) is 45.7 Å². The highest BCUT2D eigenvalue weighted by Gasteiger charge is 2.40. The first-order chi connectivity index (χ1) is 17.3. The van der Waals surface area contributed by atoms with Gasteiger partial charge in [0.05, 0.1) is 33.2 Å². The molecule has 0 radical (unpaired) electrons. The zero-order valence-corrected chi connectivity index (χ0v) is 22.3. The van der Waals surface area contributed by atoms with E-state index in [0.29, 0.717) is 22.3 Å². The minimum absolute atomic E-state index is 0.104. The summed E-state index contributed by atoms with van der Waals surface area (Å²) in [4.78, 5) is 26.2. The molecule has 188 valence electrons. The van der Waals surface area contributed by atoms with Crippen LogP contribution in [0.2, 0.25) is 5.02 Å². The van der Waals surface area contributed by atoms with Crippen LogP contribution in [0.5, 0.6) is 17.2 Å². The molecule has 4 rings (SSSR count). The molecule has 2 atom stereocenters. The van der Waals surface area contributed by atoms with Crippen LogP contribution in [0.4, 0.5) is 4.79 Å². The molecule has 0 bridgehead atoms. The molecular formula is C27H25BrClNO6. The molecule has 0 spiro atoms. The van der Waals surface area contributed by atoms with E-state index in [0.717, 1.165) is 21.2 Å². The lowest BCUT2D eigenvalue weighted by Gasteiger charge is -2.23. The van der Waals surface area contributed by atoms with Gasteiger partial charge in [0.25, 0.3) is 0 Å². The number of hydrogen-bond donors (Lipinski definition) is 0. The minimum Gasteiger partial charge on any atom is -0.493 e. The second-order valence-electron chi connectivity index (χ2n) is 8.32. The van der Waals surface area contributed by atoms with Crippen LogP contribution in [0, 0.1) is 0 Å². The lowest BCUT2D eigenvalue weighted by Crippen LogP contribution is -2.31. The van der Waals surface area contributed by atoms with Crippen molar-refractivity contribution < 1.29 is 28.5 Å². The van der Waals surface area contributed by atoms with Crippen LogP contribution in [0.3, 0.4) is 0 Å². The Morgan fingerprint density at radius 3 is 2.44 bits per heavy atom. The summed E-state index contributed by atoms with van der Waals surface area (Å²) in [5, 5.41) is 0.620. The zero-order valence-electron chi connectivity index (χ0n) is 20.0. The van der Waals surface area contributed by atoms with Crippen LogP contribution in [0.15, 0.2) is 65.1 Å². The monoisotopic (exact) mass is 573 g/mol. The number of nitrogens with zero attached hydrogens (tertiary/aromatic N) is 1. The number of esters is 1. The fourth-order valence-corrected chi connectivity index (χ4v) is 4.57. The Kier molecular flexibility index (Phi) is 8.06. The molecule has 36 heavy (non-hydrogen) atoms. The molecule has 0 N–H and O–H groups in total. The van der Waals surface area contributed by atoms with Gasteiger partial charge in [0, 0.05) is 15.1 Å². The Morgan fingerprint density at radius 2 is 1.75 bits per heavy atom. The summed E-state index contributed by atoms with van der Waals surface area (Å²) in [5.74, 6) is 1.14. The van der Waals surface area contributed by atoms with E-state index < -0.39 is 12.2 Å². The van der Waals surface area contributed by atoms with Crippen LogP contribution in [-0.2, 0) is 27.2 Å². The molecule has 1 amide bonds. The third kappa shape index (κ3) is 5.77. The SMILES string of the molecule is COC(=O)Cc1ccc(OC)c(Oc2ccc(Br)cc2CN2C(=O)OC(c3ccc(Cl)cc3)C2C)c1. The minimum atomic E-state index is -0.415. The summed E-state index contributed by atoms with van der Waals surface area (Å²) < 4.78 is 23.0. The number of carbonyl (C=O) groups is 2. The number of hydrogen-bond acceptors (Lipinski definition) is 6. The van der Waals surface area contributed by atoms with Crippen molar-refractivity contribution in [3.63, 3.8) is 0 Å². The van der Waals surface area contributed by atoms with Gasteiger partial charge in [-0.25, -0.2) is 4.79 Å². The summed E-state index contributed by atoms with van der Waals surface area (Å²) in [6.45, 7) is 2.21. The first-order valence-electron chi connectivity index (χ1n) is 11.2. The van der Waals surface area contributed by atoms with Gasteiger partial charge in [0.1, 0.15) is 11.9 Å². The smallest absolute Gasteiger partial charge is 0.411 e. The van der Waals surface area contributed by atoms with Gasteiger partial charge in [-0.3, -0.25) is 9.69 Å². The van der Waals surface area contributed by atoms with Crippen molar-refractivity contribution in [3.8, 4) is 17.2 Å². The average Bonchev–Trinajstić information content (AvgIpc) is 3.14. The number of halogens is 2. The van der Waals surface area contributed by atoms with E-state index in [1.807, 2.05) is 37.3 Å². The maximum atomic E-state index is 12.8. The first kappa shape index (κ1) is 25.9. The molecule has 0 aliphatic carbocycles. The standard InChI is InChI=1S/C27H25BrClNO6/c1-16-26(18-5-8-21(29)9-6-18)36-27(32)30(16)15-19-14-20(28)7-11-22(19)35-24-12-17(13-25(31)34-3)4-10-23(24)33-2/h4-12,14,16,26H,13,15H2,1-3H3. The van der Waals surface area contributed by atoms with Crippen molar-refractivity contribution in [3.05, 3.63) is 86.8 Å². The van der Waals surface area contributed by atoms with Gasteiger partial charge in [-0.05, 0) is 60.5 Å². The summed E-state index contributed by atoms with van der Waals surface area (Å²) in [6, 6.07) is 17.9. The van der Waals surface area contributed by atoms with Crippen molar-refractivity contribution in [1.82, 2.24) is 4.90 Å². The fraction of sp³-hybridized carbons (Fsp3) is 0.259. The largest absolute Gasteiger partial charge is 0.493 e. The Morgan fingerprint density at radius 1 is 1.03 bits per heavy atom. The van der Waals surface area contributed by atoms with E-state index in [9.17, 15) is 9.59 Å². The summed E-state index contributed by atoms with van der Waals surface area (Å²) >= 11 is 9.53. The number of cyclic esters (lactones) is 1. The van der Waals surface area contributed by atoms with Crippen molar-refractivity contribution in [2.24, 2.45) is 0 Å². The van der Waals surface area contributed by atoms with E-state index in [2.05, 4.69) is 15.9 Å². The maximum Gasteiger partial charge on any atom is 0.411 e. The van der Waals surface area contributed by atoms with Gasteiger partial charge in [0.2, 0.25) is 0 Å². The Balaban J connectivity index is 1.60. The Bertz CT molecular complexity index is 1270. The summed E-state index contributed by atoms with van der Waals surface area (Å²) in [6.07, 6.45) is -0.722. The van der Waals surface area contributed by atoms with Crippen molar-refractivity contribution >= 4 is 39.6 Å². The Hall–Kier alpha value is -3.23. The van der Waals surface area contributed by atoms with Crippen LogP contribution < -0.4 is 9.47 Å². The highest BCUT2D eigenvalue weighted by Crippen LogP contribution is 2.38. The number of rotatable bonds is 8. The fourth-order valence-electron chi connectivity index (χ4n) is 4.03. The highest BCUT2D eigenvalue weighted by molar-refractivity contribution is 9.10. The molecular weight excluding hydrogens is 550 g/mol. The lowest BCUT2D eigenvalue weighted by molar-refractivity contribution is -0.139. The van der Waals surface area contributed by atoms with E-state index in [1.54, 1.807) is 42.3 Å². The molecule has 9 heteroatoms. The Labute approximate surface area is 223 Å². The zero-order chi connectivity index (χ0) is 25.8. The van der Waals surface area contributed by atoms with Crippen LogP contribution in [-0.4, -0.2) is 37.2 Å². The van der Waals surface area contributed by atoms with Gasteiger partial charge < -0.3 is 18.9 Å². The number of carbonyl (C=O) groups excluding carboxylic acids is 2. The van der Waals surface area contributed by atoms with Gasteiger partial charge >= 0.3 is 12.1 Å². The van der Waals surface area contributed by atoms with E-state index in [4.69, 9.17) is 30.5 Å². The normalized spacial score (nSPS) is 17.0. The lowest BCUT2D eigenvalue weighted by atomic mass is 10.0. The van der Waals surface area contributed by atoms with Crippen molar-refractivity contribution in [2.75, 3.05) is 14.2 Å². The molecule has 0 saturated carbocycles. The molecule has 0 aromatic heterocycles. The third-order valence-corrected chi connectivity index (χ3v) is 6.72. The topological polar surface area (TPSA) is 74.3 Å². The van der Waals surface area contributed by atoms with Crippen LogP contribution in [0.25, 0.3) is 0 Å². The summed E-state index contributed by atoms with van der Waals surface area (Å²) in [7, 11) is 2.89. The predicted molar refractivity (Wildman–Crippen MR) is 139 cm³/mol. The average molecular weight is 575 g/mol. The number of benzene rings is 3. The number of methoxy groups -OCH3 is 2. The molecule has 1 heterocycles. The highest BCUT2D eigenvalue weighted by atomic mass is 79.9. The maximum absolute atomic E-state index is 12.8. The second-order valence-corrected chi connectivity index (χ2v) is 9.67. The van der Waals surface area contributed by atoms with Gasteiger partial charge in [-0.15, -0.1) is 0 Å². The molecule has 1 fully saturated rings. The number of ether oxygens (including phenoxy) is 4. The summed E-state index contributed by atoms with van der Waals surface area (Å²) in [5.41, 5.74) is 2.37. The molecule has 3 aromatic rings. The van der Waals surface area contributed by atoms with E-state index >= 15 is 0 Å². The predicted octanol–water partition coefficient (Wildman–Crippen LogP) is 6.70. The van der Waals surface area contributed by atoms with Crippen LogP contribution in [0.1, 0.15) is 29.7 Å². The van der Waals surface area contributed by atoms with Gasteiger partial charge in [-0.2, -0.15) is 0 Å². The first-order valence-corrected chi connectivity index (χ1v) is 12.4. The molecule has 1 aliphatic rings. The second kappa shape index (κ2) is 11.2. The molecule has 2 unspecified atom stereocenters. The quantitative estimate of drug-likeness (QED) is 0.279. The molecule has 7 nitrogen and oxygen atoms in total. The van der Waals surface area contributed by atoms with Crippen molar-refractivity contribution in [2.45, 2.75) is 32.0 Å². The molecule has 3 aromatic carbocycles.